The highest BCUT2D eigenvalue weighted by Gasteiger charge is 2.20. The number of nitrogens with one attached hydrogen (secondary N) is 3. The fraction of sp³-hybridized carbons (Fsp3) is 0.231. The number of carbonyl (C=O) groups is 3. The summed E-state index contributed by atoms with van der Waals surface area (Å²) in [5.41, 5.74) is 0.695. The zero-order valence-electron chi connectivity index (χ0n) is 20.7. The summed E-state index contributed by atoms with van der Waals surface area (Å²) in [6.45, 7) is 0.762. The molecule has 38 heavy (non-hydrogen) atoms. The Morgan fingerprint density at radius 2 is 1.68 bits per heavy atom. The molecule has 0 aliphatic heterocycles. The number of sulfonamides is 1. The van der Waals surface area contributed by atoms with E-state index in [0.29, 0.717) is 30.9 Å². The van der Waals surface area contributed by atoms with Gasteiger partial charge in [-0.2, -0.15) is 0 Å². The average molecular weight is 541 g/mol. The summed E-state index contributed by atoms with van der Waals surface area (Å²) in [5, 5.41) is 5.31. The summed E-state index contributed by atoms with van der Waals surface area (Å²) < 4.78 is 37.8. The standard InChI is InChI=1S/C26H28N4O7S/c1-36-15-14-28-26(33)23-11-10-20(17-29-23)25(32)30-38(34,35)22-9-5-6-19(16-22)12-13-27-24(31)18-37-21-7-3-2-4-8-21/h2-11,16-17H,12-15,18H2,1H3,(H,27,31)(H,28,33)(H,30,32). The molecule has 0 aliphatic carbocycles. The van der Waals surface area contributed by atoms with E-state index in [9.17, 15) is 22.8 Å². The molecule has 200 valence electrons. The van der Waals surface area contributed by atoms with Gasteiger partial charge >= 0.3 is 0 Å². The third kappa shape index (κ3) is 8.68. The van der Waals surface area contributed by atoms with E-state index in [0.717, 1.165) is 6.20 Å². The molecule has 0 unspecified atom stereocenters. The van der Waals surface area contributed by atoms with Crippen molar-refractivity contribution in [3.8, 4) is 5.75 Å². The number of ether oxygens (including phenoxy) is 2. The maximum Gasteiger partial charge on any atom is 0.269 e. The number of hydrogen-bond acceptors (Lipinski definition) is 8. The number of carbonyl (C=O) groups excluding carboxylic acids is 3. The van der Waals surface area contributed by atoms with Crippen LogP contribution in [-0.2, 0) is 26.0 Å². The monoisotopic (exact) mass is 540 g/mol. The van der Waals surface area contributed by atoms with Crippen molar-refractivity contribution < 1.29 is 32.3 Å². The number of para-hydroxylation sites is 1. The van der Waals surface area contributed by atoms with Crippen LogP contribution in [0, 0.1) is 0 Å². The van der Waals surface area contributed by atoms with Crippen molar-refractivity contribution in [3.05, 3.63) is 89.7 Å². The van der Waals surface area contributed by atoms with Crippen molar-refractivity contribution in [1.29, 1.82) is 0 Å². The van der Waals surface area contributed by atoms with Gasteiger partial charge < -0.3 is 20.1 Å². The Bertz CT molecular complexity index is 1350. The van der Waals surface area contributed by atoms with Crippen LogP contribution in [0.5, 0.6) is 5.75 Å². The third-order valence-electron chi connectivity index (χ3n) is 5.13. The minimum Gasteiger partial charge on any atom is -0.484 e. The van der Waals surface area contributed by atoms with Gasteiger partial charge in [-0.3, -0.25) is 19.4 Å². The molecule has 11 nitrogen and oxygen atoms in total. The van der Waals surface area contributed by atoms with Crippen molar-refractivity contribution in [2.75, 3.05) is 33.4 Å². The number of methoxy groups -OCH3 is 1. The Kier molecular flexibility index (Phi) is 10.3. The summed E-state index contributed by atoms with van der Waals surface area (Å²) in [6, 6.07) is 17.6. The molecule has 0 saturated carbocycles. The summed E-state index contributed by atoms with van der Waals surface area (Å²) in [7, 11) is -2.67. The second-order valence-corrected chi connectivity index (χ2v) is 9.65. The summed E-state index contributed by atoms with van der Waals surface area (Å²) >= 11 is 0. The first kappa shape index (κ1) is 28.3. The fourth-order valence-corrected chi connectivity index (χ4v) is 4.23. The smallest absolute Gasteiger partial charge is 0.269 e. The molecule has 0 bridgehead atoms. The van der Waals surface area contributed by atoms with Gasteiger partial charge in [-0.25, -0.2) is 13.1 Å². The predicted octanol–water partition coefficient (Wildman–Crippen LogP) is 1.31. The molecule has 0 aliphatic rings. The predicted molar refractivity (Wildman–Crippen MR) is 138 cm³/mol. The number of amides is 3. The van der Waals surface area contributed by atoms with Crippen LogP contribution >= 0.6 is 0 Å². The zero-order valence-corrected chi connectivity index (χ0v) is 21.5. The SMILES string of the molecule is COCCNC(=O)c1ccc(C(=O)NS(=O)(=O)c2cccc(CCNC(=O)COc3ccccc3)c2)cn1. The molecule has 0 fully saturated rings. The first-order valence-corrected chi connectivity index (χ1v) is 13.1. The van der Waals surface area contributed by atoms with Crippen molar-refractivity contribution in [1.82, 2.24) is 20.3 Å². The molecule has 3 N–H and O–H groups in total. The lowest BCUT2D eigenvalue weighted by Crippen LogP contribution is -2.31. The number of benzene rings is 2. The molecule has 3 rings (SSSR count). The second kappa shape index (κ2) is 13.9. The molecule has 2 aromatic carbocycles. The Morgan fingerprint density at radius 3 is 2.39 bits per heavy atom. The van der Waals surface area contributed by atoms with E-state index in [-0.39, 0.29) is 35.2 Å². The van der Waals surface area contributed by atoms with E-state index in [1.54, 1.807) is 36.4 Å². The number of rotatable bonds is 13. The van der Waals surface area contributed by atoms with Gasteiger partial charge in [-0.1, -0.05) is 30.3 Å². The van der Waals surface area contributed by atoms with Crippen molar-refractivity contribution >= 4 is 27.7 Å². The molecular formula is C26H28N4O7S. The minimum absolute atomic E-state index is 0.0291. The van der Waals surface area contributed by atoms with Gasteiger partial charge in [-0.05, 0) is 48.4 Å². The minimum atomic E-state index is -4.18. The Balaban J connectivity index is 1.52. The molecule has 3 aromatic rings. The Hall–Kier alpha value is -4.29. The molecule has 1 aromatic heterocycles. The molecule has 0 radical (unpaired) electrons. The van der Waals surface area contributed by atoms with Crippen LogP contribution in [0.4, 0.5) is 0 Å². The lowest BCUT2D eigenvalue weighted by Gasteiger charge is -2.10. The summed E-state index contributed by atoms with van der Waals surface area (Å²) in [6.07, 6.45) is 1.49. The van der Waals surface area contributed by atoms with Gasteiger partial charge in [0.2, 0.25) is 0 Å². The van der Waals surface area contributed by atoms with Gasteiger partial charge in [0.25, 0.3) is 27.7 Å². The van der Waals surface area contributed by atoms with Crippen LogP contribution in [0.2, 0.25) is 0 Å². The highest BCUT2D eigenvalue weighted by atomic mass is 32.2. The van der Waals surface area contributed by atoms with E-state index in [1.807, 2.05) is 10.8 Å². The van der Waals surface area contributed by atoms with Crippen LogP contribution in [0.1, 0.15) is 26.4 Å². The van der Waals surface area contributed by atoms with Crippen LogP contribution in [0.3, 0.4) is 0 Å². The third-order valence-corrected chi connectivity index (χ3v) is 6.46. The topological polar surface area (TPSA) is 153 Å². The average Bonchev–Trinajstić information content (AvgIpc) is 2.92. The van der Waals surface area contributed by atoms with Gasteiger partial charge in [0.1, 0.15) is 11.4 Å². The van der Waals surface area contributed by atoms with Crippen molar-refractivity contribution in [2.45, 2.75) is 11.3 Å². The van der Waals surface area contributed by atoms with E-state index >= 15 is 0 Å². The van der Waals surface area contributed by atoms with Crippen LogP contribution in [0.25, 0.3) is 0 Å². The molecule has 0 spiro atoms. The largest absolute Gasteiger partial charge is 0.484 e. The number of pyridine rings is 1. The van der Waals surface area contributed by atoms with E-state index in [1.165, 1.54) is 31.4 Å². The van der Waals surface area contributed by atoms with Crippen molar-refractivity contribution in [2.24, 2.45) is 0 Å². The van der Waals surface area contributed by atoms with Crippen LogP contribution in [-0.4, -0.2) is 64.5 Å². The van der Waals surface area contributed by atoms with Crippen LogP contribution in [0.15, 0.2) is 77.8 Å². The molecule has 0 saturated heterocycles. The Labute approximate surface area is 220 Å². The summed E-state index contributed by atoms with van der Waals surface area (Å²) in [4.78, 5) is 40.3. The maximum atomic E-state index is 12.8. The summed E-state index contributed by atoms with van der Waals surface area (Å²) in [5.74, 6) is -1.06. The fourth-order valence-electron chi connectivity index (χ4n) is 3.19. The molecule has 3 amide bonds. The highest BCUT2D eigenvalue weighted by Crippen LogP contribution is 2.13. The molecular weight excluding hydrogens is 512 g/mol. The Morgan fingerprint density at radius 1 is 0.895 bits per heavy atom. The molecule has 12 heteroatoms. The number of nitrogens with zero attached hydrogens (tertiary/aromatic N) is 1. The van der Waals surface area contributed by atoms with Gasteiger partial charge in [0.05, 0.1) is 17.1 Å². The van der Waals surface area contributed by atoms with Gasteiger partial charge in [0, 0.05) is 26.4 Å². The van der Waals surface area contributed by atoms with Crippen molar-refractivity contribution in [3.63, 3.8) is 0 Å². The zero-order chi connectivity index (χ0) is 27.4. The van der Waals surface area contributed by atoms with Gasteiger partial charge in [0.15, 0.2) is 6.61 Å². The lowest BCUT2D eigenvalue weighted by atomic mass is 10.1. The molecule has 0 atom stereocenters. The quantitative estimate of drug-likeness (QED) is 0.275. The second-order valence-electron chi connectivity index (χ2n) is 7.96. The lowest BCUT2D eigenvalue weighted by molar-refractivity contribution is -0.123. The first-order valence-electron chi connectivity index (χ1n) is 11.6. The molecule has 1 heterocycles. The van der Waals surface area contributed by atoms with E-state index < -0.39 is 21.8 Å². The number of aromatic nitrogens is 1. The van der Waals surface area contributed by atoms with Crippen LogP contribution < -0.4 is 20.1 Å². The van der Waals surface area contributed by atoms with E-state index in [4.69, 9.17) is 9.47 Å². The maximum absolute atomic E-state index is 12.8. The van der Waals surface area contributed by atoms with Gasteiger partial charge in [-0.15, -0.1) is 0 Å². The van der Waals surface area contributed by atoms with E-state index in [2.05, 4.69) is 15.6 Å². The number of hydrogen-bond donors (Lipinski definition) is 3. The normalized spacial score (nSPS) is 10.9. The first-order chi connectivity index (χ1) is 18.3. The highest BCUT2D eigenvalue weighted by molar-refractivity contribution is 7.90.